The summed E-state index contributed by atoms with van der Waals surface area (Å²) in [6.07, 6.45) is 6.25. The topological polar surface area (TPSA) is 195 Å². The molecule has 2 fully saturated rings. The molecule has 0 aromatic heterocycles. The molecule has 0 aliphatic carbocycles. The van der Waals surface area contributed by atoms with Crippen molar-refractivity contribution in [2.75, 3.05) is 53.7 Å². The lowest BCUT2D eigenvalue weighted by atomic mass is 10.1. The summed E-state index contributed by atoms with van der Waals surface area (Å²) in [4.78, 5) is 17.5. The molecule has 0 spiro atoms. The summed E-state index contributed by atoms with van der Waals surface area (Å²) in [7, 11) is 1.50. The number of amides is 1. The van der Waals surface area contributed by atoms with Crippen LogP contribution in [0, 0.1) is 6.92 Å². The highest BCUT2D eigenvalue weighted by Gasteiger charge is 2.18. The Kier molecular flexibility index (Phi) is 16.5. The van der Waals surface area contributed by atoms with Crippen LogP contribution in [-0.2, 0) is 0 Å². The summed E-state index contributed by atoms with van der Waals surface area (Å²) in [5, 5.41) is 16.9. The average molecular weight is 598 g/mol. The second kappa shape index (κ2) is 18.0. The van der Waals surface area contributed by atoms with Gasteiger partial charge in [0.1, 0.15) is 5.75 Å². The van der Waals surface area contributed by atoms with Crippen molar-refractivity contribution < 1.29 is 21.1 Å². The first-order valence-electron chi connectivity index (χ1n) is 13.3. The molecule has 2 heterocycles. The van der Waals surface area contributed by atoms with Gasteiger partial charge in [-0.2, -0.15) is 0 Å². The molecule has 2 aliphatic heterocycles. The van der Waals surface area contributed by atoms with E-state index in [2.05, 4.69) is 44.4 Å². The fraction of sp³-hybridized carbons (Fsp3) is 0.367. The maximum absolute atomic E-state index is 12.6. The minimum absolute atomic E-state index is 0. The number of aryl methyl sites for hydroxylation is 1. The summed E-state index contributed by atoms with van der Waals surface area (Å²) in [6, 6.07) is 19.4. The smallest absolute Gasteiger partial charge is 0.255 e. The Bertz CT molecular complexity index is 1220. The van der Waals surface area contributed by atoms with E-state index < -0.39 is 0 Å². The van der Waals surface area contributed by atoms with Gasteiger partial charge in [0.15, 0.2) is 0 Å². The normalized spacial score (nSPS) is 13.6. The van der Waals surface area contributed by atoms with E-state index in [-0.39, 0.29) is 47.5 Å². The maximum Gasteiger partial charge on any atom is 0.255 e. The van der Waals surface area contributed by atoms with E-state index in [9.17, 15) is 9.90 Å². The molecule has 10 nitrogen and oxygen atoms in total. The van der Waals surface area contributed by atoms with Gasteiger partial charge in [0, 0.05) is 66.3 Å². The molecule has 1 amide bonds. The Balaban J connectivity index is -0.000000523. The molecule has 0 unspecified atom stereocenters. The lowest BCUT2D eigenvalue weighted by Crippen LogP contribution is -2.29. The molecule has 13 N–H and O–H groups in total. The number of piperidine rings is 1. The molecule has 2 saturated heterocycles. The van der Waals surface area contributed by atoms with Crippen molar-refractivity contribution >= 4 is 46.8 Å². The van der Waals surface area contributed by atoms with Crippen LogP contribution < -0.4 is 38.5 Å². The molecule has 0 radical (unpaired) electrons. The zero-order valence-corrected chi connectivity index (χ0v) is 25.1. The van der Waals surface area contributed by atoms with Crippen LogP contribution in [0.5, 0.6) is 5.75 Å². The number of rotatable bonds is 6. The van der Waals surface area contributed by atoms with Crippen LogP contribution in [0.25, 0.3) is 0 Å². The van der Waals surface area contributed by atoms with Crippen molar-refractivity contribution in [2.24, 2.45) is 5.73 Å². The minimum atomic E-state index is -0.245. The van der Waals surface area contributed by atoms with Crippen LogP contribution in [0.15, 0.2) is 60.7 Å². The second-order valence-electron chi connectivity index (χ2n) is 9.66. The molecule has 3 aromatic carbocycles. The quantitative estimate of drug-likeness (QED) is 0.167. The van der Waals surface area contributed by atoms with Crippen molar-refractivity contribution in [3.8, 4) is 5.75 Å². The molecular weight excluding hydrogens is 542 g/mol. The van der Waals surface area contributed by atoms with Gasteiger partial charge in [-0.05, 0) is 88.5 Å². The monoisotopic (exact) mass is 597 g/mol. The Hall–Kier alpha value is -3.54. The van der Waals surface area contributed by atoms with Crippen LogP contribution >= 0.6 is 12.4 Å². The standard InChI is InChI=1S/C29H34N4O2.CH5N.ClH.2H3N.H2O.4H2/c1-21-7-9-22(10-8-21)29(35)31-27-12-11-23(19-28(27)34)30-24-17-25(32-13-3-2-4-14-32)20-26(18-24)33-15-5-6-16-33;1-2;;;;;;;;/h7-12,17-20,30,34H,2-6,13-16H2,1H3,(H,31,35);2H2,1H3;1H;2*1H3;1H2;4*1H. The largest absolute Gasteiger partial charge is 0.506 e. The highest BCUT2D eigenvalue weighted by molar-refractivity contribution is 6.05. The molecule has 236 valence electrons. The van der Waals surface area contributed by atoms with Gasteiger partial charge >= 0.3 is 0 Å². The summed E-state index contributed by atoms with van der Waals surface area (Å²) in [5.74, 6) is -0.215. The summed E-state index contributed by atoms with van der Waals surface area (Å²) in [6.45, 7) is 6.37. The van der Waals surface area contributed by atoms with E-state index >= 15 is 0 Å². The zero-order valence-electron chi connectivity index (χ0n) is 24.3. The van der Waals surface area contributed by atoms with E-state index in [0.29, 0.717) is 11.3 Å². The van der Waals surface area contributed by atoms with Gasteiger partial charge in [-0.3, -0.25) is 4.79 Å². The van der Waals surface area contributed by atoms with Gasteiger partial charge in [-0.1, -0.05) is 17.7 Å². The SMILES string of the molecule is CN.Cc1ccc(C(=O)Nc2ccc(Nc3cc(N4CCCCC4)cc(N4CCCC4)c3)cc2O)cc1.Cl.N.N.O.[HH].[HH].[HH].[HH]. The summed E-state index contributed by atoms with van der Waals surface area (Å²) < 4.78 is 0. The molecule has 0 atom stereocenters. The average Bonchev–Trinajstić information content (AvgIpc) is 3.47. The number of hydrogen-bond donors (Lipinski definition) is 6. The second-order valence-corrected chi connectivity index (χ2v) is 9.66. The van der Waals surface area contributed by atoms with Crippen LogP contribution in [-0.4, -0.2) is 49.7 Å². The number of benzene rings is 3. The lowest BCUT2D eigenvalue weighted by molar-refractivity contribution is 0.102. The molecule has 41 heavy (non-hydrogen) atoms. The third kappa shape index (κ3) is 9.80. The number of nitrogens with one attached hydrogen (secondary N) is 2. The van der Waals surface area contributed by atoms with E-state index in [1.807, 2.05) is 25.1 Å². The lowest BCUT2D eigenvalue weighted by Gasteiger charge is -2.31. The van der Waals surface area contributed by atoms with Gasteiger partial charge < -0.3 is 49.1 Å². The fourth-order valence-electron chi connectivity index (χ4n) is 4.94. The van der Waals surface area contributed by atoms with Crippen LogP contribution in [0.1, 0.15) is 53.7 Å². The molecule has 0 bridgehead atoms. The number of carbonyl (C=O) groups is 1. The van der Waals surface area contributed by atoms with Gasteiger partial charge in [0.05, 0.1) is 5.69 Å². The van der Waals surface area contributed by atoms with E-state index in [0.717, 1.165) is 43.1 Å². The number of phenolic OH excluding ortho intramolecular Hbond substituents is 1. The summed E-state index contributed by atoms with van der Waals surface area (Å²) in [5.41, 5.74) is 10.8. The summed E-state index contributed by atoms with van der Waals surface area (Å²) >= 11 is 0. The third-order valence-corrected chi connectivity index (χ3v) is 6.94. The number of carbonyl (C=O) groups excluding carboxylic acids is 1. The van der Waals surface area contributed by atoms with Gasteiger partial charge in [-0.25, -0.2) is 0 Å². The number of nitrogens with zero attached hydrogens (tertiary/aromatic N) is 2. The first kappa shape index (κ1) is 37.5. The molecule has 0 saturated carbocycles. The number of halogens is 1. The highest BCUT2D eigenvalue weighted by Crippen LogP contribution is 2.34. The van der Waals surface area contributed by atoms with Crippen molar-refractivity contribution in [3.05, 3.63) is 71.8 Å². The number of nitrogens with two attached hydrogens (primary N) is 1. The first-order chi connectivity index (χ1) is 18.0. The van der Waals surface area contributed by atoms with E-state index in [1.54, 1.807) is 24.3 Å². The molecule has 11 heteroatoms. The number of anilines is 5. The van der Waals surface area contributed by atoms with Gasteiger partial charge in [-0.15, -0.1) is 12.4 Å². The Labute approximate surface area is 256 Å². The van der Waals surface area contributed by atoms with E-state index in [4.69, 9.17) is 0 Å². The third-order valence-electron chi connectivity index (χ3n) is 6.94. The molecule has 3 aromatic rings. The molecule has 2 aliphatic rings. The Morgan fingerprint density at radius 3 is 1.80 bits per heavy atom. The highest BCUT2D eigenvalue weighted by atomic mass is 35.5. The van der Waals surface area contributed by atoms with Crippen molar-refractivity contribution in [3.63, 3.8) is 0 Å². The predicted molar refractivity (Wildman–Crippen MR) is 184 cm³/mol. The zero-order chi connectivity index (χ0) is 26.2. The van der Waals surface area contributed by atoms with Crippen molar-refractivity contribution in [1.29, 1.82) is 0 Å². The van der Waals surface area contributed by atoms with E-state index in [1.165, 1.54) is 50.5 Å². The number of hydrogen-bond acceptors (Lipinski definition) is 8. The van der Waals surface area contributed by atoms with Crippen LogP contribution in [0.2, 0.25) is 0 Å². The van der Waals surface area contributed by atoms with Crippen molar-refractivity contribution in [2.45, 2.75) is 39.0 Å². The Morgan fingerprint density at radius 1 is 0.780 bits per heavy atom. The predicted octanol–water partition coefficient (Wildman–Crippen LogP) is 6.77. The first-order valence-corrected chi connectivity index (χ1v) is 13.3. The van der Waals surface area contributed by atoms with Crippen LogP contribution in [0.3, 0.4) is 0 Å². The molecular formula is C30H56ClN7O3. The fourth-order valence-corrected chi connectivity index (χ4v) is 4.94. The Morgan fingerprint density at radius 2 is 1.29 bits per heavy atom. The minimum Gasteiger partial charge on any atom is -0.506 e. The number of phenols is 1. The number of aromatic hydroxyl groups is 1. The van der Waals surface area contributed by atoms with Crippen molar-refractivity contribution in [1.82, 2.24) is 12.3 Å². The maximum atomic E-state index is 12.6. The van der Waals surface area contributed by atoms with Gasteiger partial charge in [0.2, 0.25) is 0 Å². The van der Waals surface area contributed by atoms with Gasteiger partial charge in [0.25, 0.3) is 5.91 Å². The molecule has 5 rings (SSSR count). The van der Waals surface area contributed by atoms with Crippen LogP contribution in [0.4, 0.5) is 28.4 Å².